The van der Waals surface area contributed by atoms with Gasteiger partial charge in [-0.2, -0.15) is 0 Å². The smallest absolute Gasteiger partial charge is 0.144 e. The molecule has 2 heteroatoms. The SMILES string of the molecule is Cc1cc(-c2cc(CC(C)(C)C)ccn2)c2oc3ccc(-c4cccc5ccccc45)cc3c2c1. The van der Waals surface area contributed by atoms with Crippen LogP contribution in [0, 0.1) is 12.3 Å². The summed E-state index contributed by atoms with van der Waals surface area (Å²) in [6, 6.07) is 30.4. The van der Waals surface area contributed by atoms with Crippen LogP contribution in [0.5, 0.6) is 0 Å². The van der Waals surface area contributed by atoms with Crippen molar-refractivity contribution >= 4 is 32.7 Å². The van der Waals surface area contributed by atoms with E-state index in [0.29, 0.717) is 0 Å². The lowest BCUT2D eigenvalue weighted by atomic mass is 9.88. The van der Waals surface area contributed by atoms with E-state index in [1.165, 1.54) is 33.0 Å². The van der Waals surface area contributed by atoms with Gasteiger partial charge in [-0.15, -0.1) is 0 Å². The van der Waals surface area contributed by atoms with Crippen LogP contribution in [-0.2, 0) is 6.42 Å². The lowest BCUT2D eigenvalue weighted by molar-refractivity contribution is 0.411. The van der Waals surface area contributed by atoms with E-state index < -0.39 is 0 Å². The Kier molecular flexibility index (Phi) is 5.00. The van der Waals surface area contributed by atoms with Gasteiger partial charge in [-0.05, 0) is 88.2 Å². The van der Waals surface area contributed by atoms with Crippen LogP contribution in [0.2, 0.25) is 0 Å². The summed E-state index contributed by atoms with van der Waals surface area (Å²) in [5, 5.41) is 4.79. The molecule has 4 aromatic carbocycles. The average molecular weight is 456 g/mol. The minimum atomic E-state index is 0.220. The van der Waals surface area contributed by atoms with Crippen LogP contribution in [0.25, 0.3) is 55.1 Å². The Morgan fingerprint density at radius 2 is 1.57 bits per heavy atom. The molecule has 6 rings (SSSR count). The van der Waals surface area contributed by atoms with Crippen molar-refractivity contribution in [2.75, 3.05) is 0 Å². The number of hydrogen-bond acceptors (Lipinski definition) is 2. The second-order valence-corrected chi connectivity index (χ2v) is 10.8. The Morgan fingerprint density at radius 1 is 0.743 bits per heavy atom. The van der Waals surface area contributed by atoms with Gasteiger partial charge in [-0.3, -0.25) is 4.98 Å². The van der Waals surface area contributed by atoms with Crippen molar-refractivity contribution < 1.29 is 4.42 Å². The summed E-state index contributed by atoms with van der Waals surface area (Å²) in [6.45, 7) is 8.95. The van der Waals surface area contributed by atoms with Crippen molar-refractivity contribution in [2.45, 2.75) is 34.1 Å². The van der Waals surface area contributed by atoms with Crippen molar-refractivity contribution in [2.24, 2.45) is 5.41 Å². The van der Waals surface area contributed by atoms with Crippen LogP contribution in [-0.4, -0.2) is 4.98 Å². The summed E-state index contributed by atoms with van der Waals surface area (Å²) in [7, 11) is 0. The molecule has 172 valence electrons. The fraction of sp³-hybridized carbons (Fsp3) is 0.182. The number of furan rings is 1. The molecular weight excluding hydrogens is 426 g/mol. The monoisotopic (exact) mass is 455 g/mol. The van der Waals surface area contributed by atoms with E-state index in [0.717, 1.165) is 39.6 Å². The van der Waals surface area contributed by atoms with Crippen LogP contribution < -0.4 is 0 Å². The minimum Gasteiger partial charge on any atom is -0.455 e. The first-order valence-corrected chi connectivity index (χ1v) is 12.3. The second kappa shape index (κ2) is 8.09. The van der Waals surface area contributed by atoms with Crippen molar-refractivity contribution in [1.29, 1.82) is 0 Å². The van der Waals surface area contributed by atoms with E-state index in [4.69, 9.17) is 9.40 Å². The van der Waals surface area contributed by atoms with Gasteiger partial charge in [0.25, 0.3) is 0 Å². The van der Waals surface area contributed by atoms with Gasteiger partial charge in [-0.25, -0.2) is 0 Å². The lowest BCUT2D eigenvalue weighted by Gasteiger charge is -2.18. The molecule has 0 unspecified atom stereocenters. The molecule has 2 nitrogen and oxygen atoms in total. The van der Waals surface area contributed by atoms with E-state index in [9.17, 15) is 0 Å². The van der Waals surface area contributed by atoms with E-state index in [-0.39, 0.29) is 5.41 Å². The predicted octanol–water partition coefficient (Wildman–Crippen LogP) is 9.37. The molecule has 0 radical (unpaired) electrons. The van der Waals surface area contributed by atoms with Crippen LogP contribution >= 0.6 is 0 Å². The molecule has 6 aromatic rings. The Morgan fingerprint density at radius 3 is 2.43 bits per heavy atom. The highest BCUT2D eigenvalue weighted by Gasteiger charge is 2.17. The summed E-state index contributed by atoms with van der Waals surface area (Å²) in [5.74, 6) is 0. The molecule has 2 aromatic heterocycles. The summed E-state index contributed by atoms with van der Waals surface area (Å²) < 4.78 is 6.47. The van der Waals surface area contributed by atoms with Crippen LogP contribution in [0.4, 0.5) is 0 Å². The van der Waals surface area contributed by atoms with Crippen LogP contribution in [0.1, 0.15) is 31.9 Å². The molecule has 0 atom stereocenters. The standard InChI is InChI=1S/C33H29NO/c1-21-16-28-27-19-24(26-11-7-9-23-8-5-6-10-25(23)26)12-13-31(27)35-32(28)29(17-21)30-18-22(14-15-34-30)20-33(2,3)4/h5-19H,20H2,1-4H3. The molecule has 0 spiro atoms. The van der Waals surface area contributed by atoms with Gasteiger partial charge in [0.05, 0.1) is 5.69 Å². The quantitative estimate of drug-likeness (QED) is 0.266. The van der Waals surface area contributed by atoms with Gasteiger partial charge in [0.2, 0.25) is 0 Å². The third kappa shape index (κ3) is 4.00. The normalized spacial score (nSPS) is 12.1. The zero-order chi connectivity index (χ0) is 24.2. The molecule has 0 amide bonds. The number of rotatable bonds is 3. The molecule has 0 N–H and O–H groups in total. The first-order chi connectivity index (χ1) is 16.9. The van der Waals surface area contributed by atoms with Gasteiger partial charge in [0.15, 0.2) is 0 Å². The first-order valence-electron chi connectivity index (χ1n) is 12.3. The third-order valence-electron chi connectivity index (χ3n) is 6.65. The van der Waals surface area contributed by atoms with Crippen molar-refractivity contribution in [3.05, 3.63) is 102 Å². The second-order valence-electron chi connectivity index (χ2n) is 10.8. The highest BCUT2D eigenvalue weighted by molar-refractivity contribution is 6.11. The van der Waals surface area contributed by atoms with Crippen molar-refractivity contribution in [3.8, 4) is 22.4 Å². The van der Waals surface area contributed by atoms with E-state index in [1.807, 2.05) is 6.20 Å². The summed E-state index contributed by atoms with van der Waals surface area (Å²) in [4.78, 5) is 4.74. The lowest BCUT2D eigenvalue weighted by Crippen LogP contribution is -2.09. The number of fused-ring (bicyclic) bond motifs is 4. The van der Waals surface area contributed by atoms with E-state index in [1.54, 1.807) is 0 Å². The fourth-order valence-corrected chi connectivity index (χ4v) is 5.20. The fourth-order valence-electron chi connectivity index (χ4n) is 5.20. The summed E-state index contributed by atoms with van der Waals surface area (Å²) in [5.41, 5.74) is 8.99. The minimum absolute atomic E-state index is 0.220. The first kappa shape index (κ1) is 21.6. The molecule has 0 fully saturated rings. The largest absolute Gasteiger partial charge is 0.455 e. The van der Waals surface area contributed by atoms with Crippen LogP contribution in [0.3, 0.4) is 0 Å². The van der Waals surface area contributed by atoms with Gasteiger partial charge in [0, 0.05) is 22.5 Å². The Hall–Kier alpha value is -3.91. The molecule has 0 aliphatic rings. The number of aromatic nitrogens is 1. The molecule has 0 aliphatic carbocycles. The van der Waals surface area contributed by atoms with Gasteiger partial charge >= 0.3 is 0 Å². The zero-order valence-electron chi connectivity index (χ0n) is 20.7. The molecule has 2 heterocycles. The average Bonchev–Trinajstić information content (AvgIpc) is 3.20. The molecule has 0 bridgehead atoms. The maximum Gasteiger partial charge on any atom is 0.144 e. The van der Waals surface area contributed by atoms with Crippen molar-refractivity contribution in [3.63, 3.8) is 0 Å². The van der Waals surface area contributed by atoms with Crippen molar-refractivity contribution in [1.82, 2.24) is 4.98 Å². The third-order valence-corrected chi connectivity index (χ3v) is 6.65. The highest BCUT2D eigenvalue weighted by atomic mass is 16.3. The number of pyridine rings is 1. The Bertz CT molecular complexity index is 1710. The molecule has 0 aliphatic heterocycles. The molecular formula is C33H29NO. The number of nitrogens with zero attached hydrogens (tertiary/aromatic N) is 1. The Labute approximate surface area is 206 Å². The zero-order valence-corrected chi connectivity index (χ0v) is 20.7. The van der Waals surface area contributed by atoms with Crippen LogP contribution in [0.15, 0.2) is 95.5 Å². The van der Waals surface area contributed by atoms with Gasteiger partial charge in [0.1, 0.15) is 11.2 Å². The number of hydrogen-bond donors (Lipinski definition) is 0. The molecule has 0 saturated heterocycles. The Balaban J connectivity index is 1.54. The molecule has 0 saturated carbocycles. The molecule has 35 heavy (non-hydrogen) atoms. The maximum absolute atomic E-state index is 6.47. The maximum atomic E-state index is 6.47. The summed E-state index contributed by atoms with van der Waals surface area (Å²) in [6.07, 6.45) is 2.93. The van der Waals surface area contributed by atoms with E-state index >= 15 is 0 Å². The van der Waals surface area contributed by atoms with E-state index in [2.05, 4.69) is 113 Å². The number of benzene rings is 4. The van der Waals surface area contributed by atoms with Gasteiger partial charge in [-0.1, -0.05) is 69.3 Å². The summed E-state index contributed by atoms with van der Waals surface area (Å²) >= 11 is 0. The highest BCUT2D eigenvalue weighted by Crippen LogP contribution is 2.39. The van der Waals surface area contributed by atoms with Gasteiger partial charge < -0.3 is 4.42 Å². The number of aryl methyl sites for hydroxylation is 1. The predicted molar refractivity (Wildman–Crippen MR) is 148 cm³/mol. The topological polar surface area (TPSA) is 26.0 Å².